The fourth-order valence-corrected chi connectivity index (χ4v) is 1.33. The minimum absolute atomic E-state index is 0.170. The molecular weight excluding hydrogens is 218 g/mol. The predicted molar refractivity (Wildman–Crippen MR) is 72.7 cm³/mol. The van der Waals surface area contributed by atoms with Gasteiger partial charge >= 0.3 is 0 Å². The number of hydrogen-bond acceptors (Lipinski definition) is 3. The van der Waals surface area contributed by atoms with Crippen LogP contribution in [0.2, 0.25) is 0 Å². The van der Waals surface area contributed by atoms with E-state index in [1.54, 1.807) is 6.20 Å². The Morgan fingerprint density at radius 3 is 2.62 bits per heavy atom. The van der Waals surface area contributed by atoms with E-state index >= 15 is 0 Å². The monoisotopic (exact) mass is 237 g/mol. The van der Waals surface area contributed by atoms with Crippen molar-refractivity contribution in [3.63, 3.8) is 0 Å². The maximum absolute atomic E-state index is 5.63. The molecule has 0 aliphatic carbocycles. The van der Waals surface area contributed by atoms with E-state index in [9.17, 15) is 0 Å². The van der Waals surface area contributed by atoms with Crippen LogP contribution in [0.15, 0.2) is 18.3 Å². The van der Waals surface area contributed by atoms with Gasteiger partial charge in [-0.2, -0.15) is 0 Å². The standard InChI is InChI=1S/C12H19N3S/c1-8(12(2,3)4)15-9-6-5-7-14-10(9)11(13)16/h5-8,15H,1-4H3,(H2,13,16). The molecule has 1 atom stereocenters. The molecule has 1 heterocycles. The molecule has 16 heavy (non-hydrogen) atoms. The number of hydrogen-bond donors (Lipinski definition) is 2. The van der Waals surface area contributed by atoms with Gasteiger partial charge in [-0.05, 0) is 24.5 Å². The molecular formula is C12H19N3S. The minimum atomic E-state index is 0.170. The first-order chi connectivity index (χ1) is 7.32. The SMILES string of the molecule is CC(Nc1cccnc1C(N)=S)C(C)(C)C. The van der Waals surface area contributed by atoms with Gasteiger partial charge in [0.2, 0.25) is 0 Å². The van der Waals surface area contributed by atoms with Crippen molar-refractivity contribution in [1.82, 2.24) is 4.98 Å². The van der Waals surface area contributed by atoms with Gasteiger partial charge in [-0.1, -0.05) is 33.0 Å². The molecule has 0 fully saturated rings. The molecule has 0 spiro atoms. The van der Waals surface area contributed by atoms with Crippen LogP contribution in [-0.2, 0) is 0 Å². The lowest BCUT2D eigenvalue weighted by Crippen LogP contribution is -2.32. The van der Waals surface area contributed by atoms with Crippen molar-refractivity contribution in [3.8, 4) is 0 Å². The van der Waals surface area contributed by atoms with Crippen LogP contribution in [-0.4, -0.2) is 16.0 Å². The molecule has 0 radical (unpaired) electrons. The Morgan fingerprint density at radius 1 is 1.50 bits per heavy atom. The molecule has 0 bridgehead atoms. The maximum Gasteiger partial charge on any atom is 0.124 e. The smallest absolute Gasteiger partial charge is 0.124 e. The van der Waals surface area contributed by atoms with E-state index in [-0.39, 0.29) is 5.41 Å². The lowest BCUT2D eigenvalue weighted by Gasteiger charge is -2.29. The Labute approximate surface area is 102 Å². The molecule has 0 saturated carbocycles. The van der Waals surface area contributed by atoms with E-state index in [2.05, 4.69) is 38.0 Å². The van der Waals surface area contributed by atoms with Gasteiger partial charge in [0.25, 0.3) is 0 Å². The van der Waals surface area contributed by atoms with Gasteiger partial charge in [-0.25, -0.2) is 0 Å². The quantitative estimate of drug-likeness (QED) is 0.793. The number of nitrogens with two attached hydrogens (primary N) is 1. The van der Waals surface area contributed by atoms with Crippen molar-refractivity contribution in [2.24, 2.45) is 11.1 Å². The molecule has 3 N–H and O–H groups in total. The summed E-state index contributed by atoms with van der Waals surface area (Å²) in [6.45, 7) is 8.68. The average Bonchev–Trinajstić information content (AvgIpc) is 2.16. The lowest BCUT2D eigenvalue weighted by molar-refractivity contribution is 0.359. The average molecular weight is 237 g/mol. The molecule has 1 aromatic rings. The maximum atomic E-state index is 5.63. The summed E-state index contributed by atoms with van der Waals surface area (Å²) in [6.07, 6.45) is 1.70. The van der Waals surface area contributed by atoms with Crippen LogP contribution >= 0.6 is 12.2 Å². The summed E-state index contributed by atoms with van der Waals surface area (Å²) in [7, 11) is 0. The molecule has 0 saturated heterocycles. The Hall–Kier alpha value is -1.16. The molecule has 0 aliphatic rings. The normalized spacial score (nSPS) is 13.2. The highest BCUT2D eigenvalue weighted by Crippen LogP contribution is 2.23. The molecule has 0 aliphatic heterocycles. The van der Waals surface area contributed by atoms with Crippen LogP contribution in [0.4, 0.5) is 5.69 Å². The van der Waals surface area contributed by atoms with Crippen LogP contribution in [0.25, 0.3) is 0 Å². The summed E-state index contributed by atoms with van der Waals surface area (Å²) in [6, 6.07) is 4.13. The number of anilines is 1. The van der Waals surface area contributed by atoms with Crippen molar-refractivity contribution in [2.75, 3.05) is 5.32 Å². The predicted octanol–water partition coefficient (Wildman–Crippen LogP) is 2.56. The Balaban J connectivity index is 2.93. The van der Waals surface area contributed by atoms with Crippen molar-refractivity contribution >= 4 is 22.9 Å². The van der Waals surface area contributed by atoms with Crippen molar-refractivity contribution < 1.29 is 0 Å². The zero-order chi connectivity index (χ0) is 12.3. The summed E-state index contributed by atoms with van der Waals surface area (Å²) < 4.78 is 0. The van der Waals surface area contributed by atoms with Crippen LogP contribution in [0, 0.1) is 5.41 Å². The molecule has 1 unspecified atom stereocenters. The molecule has 3 nitrogen and oxygen atoms in total. The molecule has 1 aromatic heterocycles. The van der Waals surface area contributed by atoms with Crippen molar-refractivity contribution in [2.45, 2.75) is 33.7 Å². The third-order valence-corrected chi connectivity index (χ3v) is 2.91. The number of pyridine rings is 1. The fourth-order valence-electron chi connectivity index (χ4n) is 1.17. The summed E-state index contributed by atoms with van der Waals surface area (Å²) in [4.78, 5) is 4.51. The number of nitrogens with one attached hydrogen (secondary N) is 1. The van der Waals surface area contributed by atoms with Crippen LogP contribution in [0.5, 0.6) is 0 Å². The van der Waals surface area contributed by atoms with Crippen molar-refractivity contribution in [3.05, 3.63) is 24.0 Å². The molecule has 0 aromatic carbocycles. The summed E-state index contributed by atoms with van der Waals surface area (Å²) in [5.41, 5.74) is 7.36. The van der Waals surface area contributed by atoms with E-state index in [0.29, 0.717) is 16.7 Å². The second-order valence-corrected chi connectivity index (χ2v) is 5.44. The van der Waals surface area contributed by atoms with E-state index in [1.807, 2.05) is 12.1 Å². The zero-order valence-corrected chi connectivity index (χ0v) is 11.1. The highest BCUT2D eigenvalue weighted by atomic mass is 32.1. The van der Waals surface area contributed by atoms with E-state index in [0.717, 1.165) is 5.69 Å². The van der Waals surface area contributed by atoms with Crippen LogP contribution in [0.1, 0.15) is 33.4 Å². The van der Waals surface area contributed by atoms with E-state index < -0.39 is 0 Å². The topological polar surface area (TPSA) is 50.9 Å². The van der Waals surface area contributed by atoms with Gasteiger partial charge in [-0.15, -0.1) is 0 Å². The van der Waals surface area contributed by atoms with Gasteiger partial charge in [-0.3, -0.25) is 4.98 Å². The minimum Gasteiger partial charge on any atom is -0.388 e. The largest absolute Gasteiger partial charge is 0.388 e. The molecule has 88 valence electrons. The van der Waals surface area contributed by atoms with Gasteiger partial charge in [0, 0.05) is 12.2 Å². The number of nitrogens with zero attached hydrogens (tertiary/aromatic N) is 1. The summed E-state index contributed by atoms with van der Waals surface area (Å²) in [5, 5.41) is 3.40. The van der Waals surface area contributed by atoms with E-state index in [1.165, 1.54) is 0 Å². The Morgan fingerprint density at radius 2 is 2.12 bits per heavy atom. The van der Waals surface area contributed by atoms with Gasteiger partial charge in [0.05, 0.1) is 5.69 Å². The summed E-state index contributed by atoms with van der Waals surface area (Å²) in [5.74, 6) is 0. The number of rotatable bonds is 3. The third kappa shape index (κ3) is 3.17. The first-order valence-corrected chi connectivity index (χ1v) is 5.74. The summed E-state index contributed by atoms with van der Waals surface area (Å²) >= 11 is 4.97. The number of thiocarbonyl (C=S) groups is 1. The fraction of sp³-hybridized carbons (Fsp3) is 0.500. The molecule has 1 rings (SSSR count). The highest BCUT2D eigenvalue weighted by molar-refractivity contribution is 7.80. The number of aromatic nitrogens is 1. The van der Waals surface area contributed by atoms with Gasteiger partial charge in [0.15, 0.2) is 0 Å². The van der Waals surface area contributed by atoms with Gasteiger partial charge in [0.1, 0.15) is 10.7 Å². The first-order valence-electron chi connectivity index (χ1n) is 5.33. The van der Waals surface area contributed by atoms with Gasteiger partial charge < -0.3 is 11.1 Å². The van der Waals surface area contributed by atoms with E-state index in [4.69, 9.17) is 18.0 Å². The van der Waals surface area contributed by atoms with Crippen LogP contribution < -0.4 is 11.1 Å². The second kappa shape index (κ2) is 4.78. The Kier molecular flexibility index (Phi) is 3.86. The second-order valence-electron chi connectivity index (χ2n) is 5.00. The Bertz CT molecular complexity index is 382. The molecule has 0 amide bonds. The lowest BCUT2D eigenvalue weighted by atomic mass is 9.88. The van der Waals surface area contributed by atoms with Crippen LogP contribution in [0.3, 0.4) is 0 Å². The molecule has 4 heteroatoms. The zero-order valence-electron chi connectivity index (χ0n) is 10.2. The first kappa shape index (κ1) is 12.9. The highest BCUT2D eigenvalue weighted by Gasteiger charge is 2.20. The third-order valence-electron chi connectivity index (χ3n) is 2.71. The van der Waals surface area contributed by atoms with Crippen molar-refractivity contribution in [1.29, 1.82) is 0 Å².